The van der Waals surface area contributed by atoms with E-state index in [1.807, 2.05) is 42.5 Å². The number of benzene rings is 3. The summed E-state index contributed by atoms with van der Waals surface area (Å²) < 4.78 is 5.20. The standard InChI is InChI=1S/C20H15NO2/c1-23-15-9-6-14(7-10-15)19-18(12-22)17-11-8-13-4-2-3-5-16(13)20(17)21-19/h2-12,21H,1H3. The smallest absolute Gasteiger partial charge is 0.152 e. The van der Waals surface area contributed by atoms with Crippen LogP contribution >= 0.6 is 0 Å². The molecular weight excluding hydrogens is 286 g/mol. The summed E-state index contributed by atoms with van der Waals surface area (Å²) in [5.74, 6) is 0.794. The predicted octanol–water partition coefficient (Wildman–Crippen LogP) is 4.81. The van der Waals surface area contributed by atoms with Gasteiger partial charge in [0.25, 0.3) is 0 Å². The SMILES string of the molecule is COc1ccc(-c2[nH]c3c(ccc4ccccc43)c2C=O)cc1. The summed E-state index contributed by atoms with van der Waals surface area (Å²) in [5.41, 5.74) is 3.49. The third-order valence-electron chi connectivity index (χ3n) is 4.24. The molecule has 4 rings (SSSR count). The number of ether oxygens (including phenoxy) is 1. The Bertz CT molecular complexity index is 1010. The number of rotatable bonds is 3. The molecule has 0 atom stereocenters. The molecule has 3 aromatic carbocycles. The average molecular weight is 301 g/mol. The molecule has 0 radical (unpaired) electrons. The Morgan fingerprint density at radius 3 is 2.43 bits per heavy atom. The van der Waals surface area contributed by atoms with Crippen molar-refractivity contribution in [2.45, 2.75) is 0 Å². The van der Waals surface area contributed by atoms with Gasteiger partial charge < -0.3 is 9.72 Å². The number of nitrogens with one attached hydrogen (secondary N) is 1. The highest BCUT2D eigenvalue weighted by Gasteiger charge is 2.14. The van der Waals surface area contributed by atoms with Crippen LogP contribution in [0.2, 0.25) is 0 Å². The number of carbonyl (C=O) groups excluding carboxylic acids is 1. The highest BCUT2D eigenvalue weighted by atomic mass is 16.5. The highest BCUT2D eigenvalue weighted by molar-refractivity contribution is 6.14. The molecule has 0 aliphatic heterocycles. The minimum atomic E-state index is 0.691. The number of hydrogen-bond donors (Lipinski definition) is 1. The van der Waals surface area contributed by atoms with Gasteiger partial charge in [0.05, 0.1) is 18.3 Å². The van der Waals surface area contributed by atoms with Gasteiger partial charge in [0.15, 0.2) is 6.29 Å². The van der Waals surface area contributed by atoms with E-state index in [4.69, 9.17) is 4.74 Å². The maximum absolute atomic E-state index is 11.7. The Morgan fingerprint density at radius 1 is 0.913 bits per heavy atom. The minimum Gasteiger partial charge on any atom is -0.497 e. The molecular formula is C20H15NO2. The van der Waals surface area contributed by atoms with E-state index in [9.17, 15) is 4.79 Å². The normalized spacial score (nSPS) is 11.0. The fraction of sp³-hybridized carbons (Fsp3) is 0.0500. The van der Waals surface area contributed by atoms with Crippen molar-refractivity contribution in [2.75, 3.05) is 7.11 Å². The van der Waals surface area contributed by atoms with E-state index < -0.39 is 0 Å². The molecule has 0 aliphatic rings. The van der Waals surface area contributed by atoms with E-state index in [2.05, 4.69) is 23.2 Å². The van der Waals surface area contributed by atoms with Gasteiger partial charge >= 0.3 is 0 Å². The van der Waals surface area contributed by atoms with Crippen molar-refractivity contribution in [3.05, 3.63) is 66.2 Å². The maximum atomic E-state index is 11.7. The van der Waals surface area contributed by atoms with Gasteiger partial charge in [0.2, 0.25) is 0 Å². The largest absolute Gasteiger partial charge is 0.497 e. The van der Waals surface area contributed by atoms with Crippen LogP contribution in [0.1, 0.15) is 10.4 Å². The molecule has 3 heteroatoms. The molecule has 0 unspecified atom stereocenters. The second kappa shape index (κ2) is 5.29. The summed E-state index contributed by atoms with van der Waals surface area (Å²) in [6.45, 7) is 0. The first kappa shape index (κ1) is 13.6. The first-order valence-electron chi connectivity index (χ1n) is 7.45. The van der Waals surface area contributed by atoms with Gasteiger partial charge in [-0.25, -0.2) is 0 Å². The molecule has 1 aromatic heterocycles. The van der Waals surface area contributed by atoms with Gasteiger partial charge in [-0.1, -0.05) is 36.4 Å². The zero-order valence-electron chi connectivity index (χ0n) is 12.7. The number of hydrogen-bond acceptors (Lipinski definition) is 2. The van der Waals surface area contributed by atoms with Crippen molar-refractivity contribution in [2.24, 2.45) is 0 Å². The van der Waals surface area contributed by atoms with Crippen LogP contribution in [0.15, 0.2) is 60.7 Å². The molecule has 0 aliphatic carbocycles. The highest BCUT2D eigenvalue weighted by Crippen LogP contribution is 2.33. The Kier molecular flexibility index (Phi) is 3.12. The van der Waals surface area contributed by atoms with Gasteiger partial charge in [-0.05, 0) is 35.2 Å². The summed E-state index contributed by atoms with van der Waals surface area (Å²) in [6, 6.07) is 19.9. The summed E-state index contributed by atoms with van der Waals surface area (Å²) in [7, 11) is 1.64. The van der Waals surface area contributed by atoms with Crippen molar-refractivity contribution in [1.82, 2.24) is 4.98 Å². The molecule has 112 valence electrons. The monoisotopic (exact) mass is 301 g/mol. The fourth-order valence-electron chi connectivity index (χ4n) is 3.07. The van der Waals surface area contributed by atoms with Crippen LogP contribution in [0.5, 0.6) is 5.75 Å². The lowest BCUT2D eigenvalue weighted by Gasteiger charge is -2.02. The number of aldehydes is 1. The topological polar surface area (TPSA) is 42.1 Å². The van der Waals surface area contributed by atoms with Crippen molar-refractivity contribution >= 4 is 28.0 Å². The molecule has 3 nitrogen and oxygen atoms in total. The lowest BCUT2D eigenvalue weighted by Crippen LogP contribution is -1.86. The zero-order chi connectivity index (χ0) is 15.8. The van der Waals surface area contributed by atoms with Crippen molar-refractivity contribution in [1.29, 1.82) is 0 Å². The van der Waals surface area contributed by atoms with Crippen LogP contribution in [-0.4, -0.2) is 18.4 Å². The third kappa shape index (κ3) is 2.09. The van der Waals surface area contributed by atoms with Crippen LogP contribution < -0.4 is 4.74 Å². The first-order valence-corrected chi connectivity index (χ1v) is 7.45. The van der Waals surface area contributed by atoms with E-state index in [0.29, 0.717) is 5.56 Å². The summed E-state index contributed by atoms with van der Waals surface area (Å²) in [6.07, 6.45) is 0.924. The number of methoxy groups -OCH3 is 1. The second-order valence-electron chi connectivity index (χ2n) is 5.47. The Hall–Kier alpha value is -3.07. The van der Waals surface area contributed by atoms with Gasteiger partial charge in [0.1, 0.15) is 5.75 Å². The van der Waals surface area contributed by atoms with Crippen LogP contribution in [0.25, 0.3) is 32.9 Å². The van der Waals surface area contributed by atoms with Gasteiger partial charge in [-0.15, -0.1) is 0 Å². The van der Waals surface area contributed by atoms with Crippen LogP contribution in [0.3, 0.4) is 0 Å². The summed E-state index contributed by atoms with van der Waals surface area (Å²) in [5, 5.41) is 3.22. The molecule has 0 saturated heterocycles. The second-order valence-corrected chi connectivity index (χ2v) is 5.47. The molecule has 0 spiro atoms. The maximum Gasteiger partial charge on any atom is 0.152 e. The molecule has 1 heterocycles. The lowest BCUT2D eigenvalue weighted by molar-refractivity contribution is 0.112. The molecule has 23 heavy (non-hydrogen) atoms. The van der Waals surface area contributed by atoms with Gasteiger partial charge in [-0.3, -0.25) is 4.79 Å². The zero-order valence-corrected chi connectivity index (χ0v) is 12.7. The Morgan fingerprint density at radius 2 is 1.70 bits per heavy atom. The van der Waals surface area contributed by atoms with Crippen molar-refractivity contribution < 1.29 is 9.53 Å². The van der Waals surface area contributed by atoms with Crippen LogP contribution in [-0.2, 0) is 0 Å². The Balaban J connectivity index is 2.02. The van der Waals surface area contributed by atoms with Crippen LogP contribution in [0, 0.1) is 0 Å². The van der Waals surface area contributed by atoms with Gasteiger partial charge in [-0.2, -0.15) is 0 Å². The number of aromatic nitrogens is 1. The molecule has 0 amide bonds. The Labute approximate surface area is 133 Å². The first-order chi connectivity index (χ1) is 11.3. The van der Waals surface area contributed by atoms with E-state index in [1.54, 1.807) is 7.11 Å². The van der Waals surface area contributed by atoms with Crippen molar-refractivity contribution in [3.8, 4) is 17.0 Å². The number of H-pyrrole nitrogens is 1. The van der Waals surface area contributed by atoms with Crippen LogP contribution in [0.4, 0.5) is 0 Å². The number of carbonyl (C=O) groups is 1. The molecule has 0 fully saturated rings. The molecule has 0 saturated carbocycles. The lowest BCUT2D eigenvalue weighted by atomic mass is 10.0. The van der Waals surface area contributed by atoms with E-state index in [0.717, 1.165) is 45.0 Å². The molecule has 0 bridgehead atoms. The summed E-state index contributed by atoms with van der Waals surface area (Å²) >= 11 is 0. The van der Waals surface area contributed by atoms with E-state index in [1.165, 1.54) is 0 Å². The number of fused-ring (bicyclic) bond motifs is 3. The molecule has 4 aromatic rings. The molecule has 1 N–H and O–H groups in total. The van der Waals surface area contributed by atoms with Gasteiger partial charge in [0, 0.05) is 16.3 Å². The third-order valence-corrected chi connectivity index (χ3v) is 4.24. The average Bonchev–Trinajstić information content (AvgIpc) is 3.00. The van der Waals surface area contributed by atoms with E-state index >= 15 is 0 Å². The minimum absolute atomic E-state index is 0.691. The predicted molar refractivity (Wildman–Crippen MR) is 93.2 cm³/mol. The van der Waals surface area contributed by atoms with E-state index in [-0.39, 0.29) is 0 Å². The summed E-state index contributed by atoms with van der Waals surface area (Å²) in [4.78, 5) is 15.1. The van der Waals surface area contributed by atoms with Crippen molar-refractivity contribution in [3.63, 3.8) is 0 Å². The fourth-order valence-corrected chi connectivity index (χ4v) is 3.07. The quantitative estimate of drug-likeness (QED) is 0.552. The number of aromatic amines is 1.